The summed E-state index contributed by atoms with van der Waals surface area (Å²) in [6.07, 6.45) is 0. The maximum Gasteiger partial charge on any atom is 0.239 e. The Morgan fingerprint density at radius 1 is 0.758 bits per heavy atom. The molecular formula is C24H29NO7S. The van der Waals surface area contributed by atoms with Gasteiger partial charge in [-0.15, -0.1) is 0 Å². The van der Waals surface area contributed by atoms with Crippen molar-refractivity contribution in [1.82, 2.24) is 0 Å². The first-order chi connectivity index (χ1) is 15.9. The van der Waals surface area contributed by atoms with Crippen LogP contribution in [0.4, 0.5) is 5.69 Å². The smallest absolute Gasteiger partial charge is 0.239 e. The lowest BCUT2D eigenvalue weighted by atomic mass is 9.66. The van der Waals surface area contributed by atoms with Gasteiger partial charge in [-0.05, 0) is 37.1 Å². The van der Waals surface area contributed by atoms with E-state index in [1.54, 1.807) is 24.3 Å². The van der Waals surface area contributed by atoms with Gasteiger partial charge in [-0.25, -0.2) is 4.90 Å². The number of ether oxygens (including phenoxy) is 4. The Labute approximate surface area is 195 Å². The molecule has 0 aliphatic carbocycles. The summed E-state index contributed by atoms with van der Waals surface area (Å²) in [7, 11) is -1.48. The Bertz CT molecular complexity index is 953. The topological polar surface area (TPSA) is 91.4 Å². The van der Waals surface area contributed by atoms with E-state index in [0.717, 1.165) is 11.1 Å². The van der Waals surface area contributed by atoms with Crippen molar-refractivity contribution in [2.24, 2.45) is 11.8 Å². The van der Waals surface area contributed by atoms with Crippen LogP contribution < -0.4 is 4.90 Å². The number of imide groups is 1. The summed E-state index contributed by atoms with van der Waals surface area (Å²) in [5.41, 5.74) is 2.18. The number of hydrogen-bond acceptors (Lipinski definition) is 7. The minimum absolute atomic E-state index is 0.229. The lowest BCUT2D eigenvalue weighted by Crippen LogP contribution is -2.44. The van der Waals surface area contributed by atoms with Crippen LogP contribution in [0.3, 0.4) is 0 Å². The number of nitrogens with zero attached hydrogens (tertiary/aromatic N) is 1. The molecule has 0 N–H and O–H groups in total. The molecule has 2 amide bonds. The van der Waals surface area contributed by atoms with E-state index in [1.807, 2.05) is 19.9 Å². The summed E-state index contributed by atoms with van der Waals surface area (Å²) < 4.78 is 34.8. The van der Waals surface area contributed by atoms with E-state index in [0.29, 0.717) is 45.3 Å². The molecule has 1 aromatic rings. The van der Waals surface area contributed by atoms with Crippen LogP contribution in [0.15, 0.2) is 41.5 Å². The standard InChI is InChI=1S/C24H29NO7S/c1-23-17-14-31-12-10-29-8-9-30-11-13-32-15-18(17)24(2,33(23)28)20-19(23)21(26)25(22(20)27)16-6-4-3-5-7-16/h3-7,19-20H,8-15H2,1-2H3/t19?,20?,23-,24+,33?. The van der Waals surface area contributed by atoms with Gasteiger partial charge in [-0.1, -0.05) is 18.2 Å². The molecule has 5 atom stereocenters. The third kappa shape index (κ3) is 3.28. The SMILES string of the molecule is C[C@]12C3=C(COCCOCCOCCOC3)[C@](C)(C3C(=O)N(c4ccccc4)C(=O)C31)S2=O. The van der Waals surface area contributed by atoms with Crippen LogP contribution in [0.2, 0.25) is 0 Å². The maximum atomic E-state index is 14.0. The predicted molar refractivity (Wildman–Crippen MR) is 121 cm³/mol. The zero-order valence-corrected chi connectivity index (χ0v) is 19.7. The summed E-state index contributed by atoms with van der Waals surface area (Å²) in [6, 6.07) is 8.95. The molecule has 4 aliphatic rings. The van der Waals surface area contributed by atoms with Crippen molar-refractivity contribution < 1.29 is 32.7 Å². The predicted octanol–water partition coefficient (Wildman–Crippen LogP) is 1.46. The molecule has 2 saturated heterocycles. The Balaban J connectivity index is 1.54. The van der Waals surface area contributed by atoms with Gasteiger partial charge in [0.2, 0.25) is 11.8 Å². The molecule has 0 saturated carbocycles. The first-order valence-corrected chi connectivity index (χ1v) is 12.5. The molecule has 4 heterocycles. The fraction of sp³-hybridized carbons (Fsp3) is 0.583. The van der Waals surface area contributed by atoms with Crippen molar-refractivity contribution in [3.63, 3.8) is 0 Å². The van der Waals surface area contributed by atoms with Gasteiger partial charge in [0.05, 0.1) is 79.9 Å². The fourth-order valence-electron chi connectivity index (χ4n) is 5.85. The minimum atomic E-state index is -1.48. The van der Waals surface area contributed by atoms with Crippen molar-refractivity contribution in [3.05, 3.63) is 41.5 Å². The quantitative estimate of drug-likeness (QED) is 0.449. The first-order valence-electron chi connectivity index (χ1n) is 11.3. The van der Waals surface area contributed by atoms with Crippen LogP contribution in [0, 0.1) is 11.8 Å². The first kappa shape index (κ1) is 22.9. The van der Waals surface area contributed by atoms with E-state index in [2.05, 4.69) is 0 Å². The number of carbonyl (C=O) groups excluding carboxylic acids is 2. The number of rotatable bonds is 1. The monoisotopic (exact) mass is 475 g/mol. The van der Waals surface area contributed by atoms with Gasteiger partial charge in [0.1, 0.15) is 0 Å². The number of carbonyl (C=O) groups is 2. The summed E-state index contributed by atoms with van der Waals surface area (Å²) in [4.78, 5) is 28.6. The largest absolute Gasteiger partial charge is 0.377 e. The van der Waals surface area contributed by atoms with Crippen LogP contribution in [0.1, 0.15) is 13.8 Å². The fourth-order valence-corrected chi connectivity index (χ4v) is 8.48. The van der Waals surface area contributed by atoms with E-state index < -0.39 is 32.1 Å². The minimum Gasteiger partial charge on any atom is -0.377 e. The van der Waals surface area contributed by atoms with E-state index in [4.69, 9.17) is 18.9 Å². The molecule has 1 aromatic carbocycles. The third-order valence-corrected chi connectivity index (χ3v) is 9.99. The van der Waals surface area contributed by atoms with Crippen molar-refractivity contribution in [3.8, 4) is 0 Å². The Morgan fingerprint density at radius 3 is 1.64 bits per heavy atom. The van der Waals surface area contributed by atoms with Gasteiger partial charge < -0.3 is 18.9 Å². The number of hydrogen-bond donors (Lipinski definition) is 0. The molecule has 178 valence electrons. The van der Waals surface area contributed by atoms with Crippen molar-refractivity contribution >= 4 is 28.3 Å². The van der Waals surface area contributed by atoms with E-state index in [9.17, 15) is 13.8 Å². The molecule has 4 aliphatic heterocycles. The number of para-hydroxylation sites is 1. The summed E-state index contributed by atoms with van der Waals surface area (Å²) in [5, 5.41) is 0. The second-order valence-corrected chi connectivity index (χ2v) is 11.3. The molecule has 2 bridgehead atoms. The number of amides is 2. The molecule has 3 unspecified atom stereocenters. The molecule has 2 fully saturated rings. The summed E-state index contributed by atoms with van der Waals surface area (Å²) in [6.45, 7) is 6.69. The highest BCUT2D eigenvalue weighted by atomic mass is 32.2. The summed E-state index contributed by atoms with van der Waals surface area (Å²) >= 11 is 0. The van der Waals surface area contributed by atoms with Gasteiger partial charge in [0.25, 0.3) is 0 Å². The van der Waals surface area contributed by atoms with Crippen LogP contribution in [-0.4, -0.2) is 78.4 Å². The molecule has 0 spiro atoms. The zero-order valence-electron chi connectivity index (χ0n) is 18.9. The van der Waals surface area contributed by atoms with Crippen LogP contribution in [0.25, 0.3) is 0 Å². The average Bonchev–Trinajstić information content (AvgIpc) is 3.25. The van der Waals surface area contributed by atoms with E-state index in [1.165, 1.54) is 4.90 Å². The molecule has 33 heavy (non-hydrogen) atoms. The normalized spacial score (nSPS) is 37.8. The number of benzene rings is 1. The van der Waals surface area contributed by atoms with Gasteiger partial charge in [-0.2, -0.15) is 0 Å². The number of anilines is 1. The van der Waals surface area contributed by atoms with E-state index in [-0.39, 0.29) is 25.0 Å². The van der Waals surface area contributed by atoms with Crippen LogP contribution >= 0.6 is 0 Å². The lowest BCUT2D eigenvalue weighted by Gasteiger charge is -2.34. The van der Waals surface area contributed by atoms with Gasteiger partial charge in [0, 0.05) is 10.8 Å². The molecule has 8 nitrogen and oxygen atoms in total. The Kier molecular flexibility index (Phi) is 6.03. The Hall–Kier alpha value is -1.91. The maximum absolute atomic E-state index is 14.0. The highest BCUT2D eigenvalue weighted by molar-refractivity contribution is 7.89. The zero-order chi connectivity index (χ0) is 23.2. The molecule has 0 radical (unpaired) electrons. The van der Waals surface area contributed by atoms with Crippen molar-refractivity contribution in [1.29, 1.82) is 0 Å². The van der Waals surface area contributed by atoms with Gasteiger partial charge in [-0.3, -0.25) is 13.8 Å². The molecule has 9 heteroatoms. The Morgan fingerprint density at radius 2 is 1.18 bits per heavy atom. The highest BCUT2D eigenvalue weighted by Crippen LogP contribution is 2.65. The second-order valence-electron chi connectivity index (χ2n) is 9.07. The molecule has 0 aromatic heterocycles. The number of fused-ring (bicyclic) bond motifs is 7. The summed E-state index contributed by atoms with van der Waals surface area (Å²) in [5.74, 6) is -1.98. The average molecular weight is 476 g/mol. The van der Waals surface area contributed by atoms with E-state index >= 15 is 0 Å². The van der Waals surface area contributed by atoms with Crippen LogP contribution in [-0.2, 0) is 39.3 Å². The van der Waals surface area contributed by atoms with Crippen LogP contribution in [0.5, 0.6) is 0 Å². The van der Waals surface area contributed by atoms with Gasteiger partial charge in [0.15, 0.2) is 0 Å². The molecular weight excluding hydrogens is 446 g/mol. The van der Waals surface area contributed by atoms with Crippen molar-refractivity contribution in [2.75, 3.05) is 57.8 Å². The lowest BCUT2D eigenvalue weighted by molar-refractivity contribution is -0.122. The highest BCUT2D eigenvalue weighted by Gasteiger charge is 2.78. The molecule has 5 rings (SSSR count). The second kappa shape index (κ2) is 8.70. The van der Waals surface area contributed by atoms with Gasteiger partial charge >= 0.3 is 0 Å². The third-order valence-electron chi connectivity index (χ3n) is 7.45. The van der Waals surface area contributed by atoms with Crippen molar-refractivity contribution in [2.45, 2.75) is 23.3 Å².